The van der Waals surface area contributed by atoms with Gasteiger partial charge in [0.15, 0.2) is 0 Å². The van der Waals surface area contributed by atoms with Crippen molar-refractivity contribution >= 4 is 38.8 Å². The van der Waals surface area contributed by atoms with Gasteiger partial charge in [-0.2, -0.15) is 0 Å². The highest BCUT2D eigenvalue weighted by molar-refractivity contribution is 7.21. The summed E-state index contributed by atoms with van der Waals surface area (Å²) in [5.41, 5.74) is 11.9. The largest absolute Gasteiger partial charge is 0.397 e. The van der Waals surface area contributed by atoms with Crippen molar-refractivity contribution in [3.05, 3.63) is 52.0 Å². The molecule has 2 aliphatic heterocycles. The van der Waals surface area contributed by atoms with E-state index in [1.165, 1.54) is 41.0 Å². The van der Waals surface area contributed by atoms with Gasteiger partial charge in [-0.15, -0.1) is 11.3 Å². The van der Waals surface area contributed by atoms with Crippen molar-refractivity contribution in [3.8, 4) is 0 Å². The second-order valence-electron chi connectivity index (χ2n) is 9.56. The Morgan fingerprint density at radius 3 is 2.78 bits per heavy atom. The van der Waals surface area contributed by atoms with Gasteiger partial charge in [-0.3, -0.25) is 4.79 Å². The third kappa shape index (κ3) is 3.53. The number of nitrogens with one attached hydrogen (secondary N) is 2. The van der Waals surface area contributed by atoms with Gasteiger partial charge in [0.05, 0.1) is 5.69 Å². The minimum absolute atomic E-state index is 0.0792. The predicted molar refractivity (Wildman–Crippen MR) is 131 cm³/mol. The second kappa shape index (κ2) is 7.74. The van der Waals surface area contributed by atoms with Gasteiger partial charge in [-0.1, -0.05) is 6.07 Å². The van der Waals surface area contributed by atoms with E-state index in [1.54, 1.807) is 0 Å². The number of hydrogen-bond donors (Lipinski definition) is 3. The Hall–Kier alpha value is -2.64. The van der Waals surface area contributed by atoms with Gasteiger partial charge in [0.2, 0.25) is 0 Å². The van der Waals surface area contributed by atoms with Crippen LogP contribution in [0.25, 0.3) is 10.2 Å². The monoisotopic (exact) mass is 447 g/mol. The maximum atomic E-state index is 13.0. The van der Waals surface area contributed by atoms with Crippen LogP contribution in [0.4, 0.5) is 11.4 Å². The van der Waals surface area contributed by atoms with Gasteiger partial charge in [-0.05, 0) is 74.4 Å². The topological polar surface area (TPSA) is 83.3 Å². The molecular formula is C25H29N5OS. The van der Waals surface area contributed by atoms with Gasteiger partial charge >= 0.3 is 0 Å². The van der Waals surface area contributed by atoms with E-state index in [1.807, 2.05) is 19.1 Å². The molecule has 3 aliphatic rings. The Balaban J connectivity index is 1.16. The third-order valence-electron chi connectivity index (χ3n) is 7.27. The number of thiophene rings is 1. The average Bonchev–Trinajstić information content (AvgIpc) is 3.30. The van der Waals surface area contributed by atoms with Crippen molar-refractivity contribution < 1.29 is 4.79 Å². The number of piperazine rings is 1. The summed E-state index contributed by atoms with van der Waals surface area (Å²) in [6.07, 6.45) is 5.42. The van der Waals surface area contributed by atoms with Gasteiger partial charge in [-0.25, -0.2) is 4.98 Å². The highest BCUT2D eigenvalue weighted by atomic mass is 32.1. The lowest BCUT2D eigenvalue weighted by atomic mass is 9.87. The summed E-state index contributed by atoms with van der Waals surface area (Å²) in [4.78, 5) is 21.5. The van der Waals surface area contributed by atoms with Crippen LogP contribution < -0.4 is 21.3 Å². The molecule has 1 aliphatic carbocycles. The molecule has 32 heavy (non-hydrogen) atoms. The molecule has 1 amide bonds. The number of anilines is 2. The number of fused-ring (bicyclic) bond motifs is 4. The molecule has 4 heterocycles. The Kier molecular flexibility index (Phi) is 4.84. The van der Waals surface area contributed by atoms with Crippen molar-refractivity contribution in [2.75, 3.05) is 23.7 Å². The summed E-state index contributed by atoms with van der Waals surface area (Å²) < 4.78 is 0. The molecule has 6 rings (SSSR count). The fraction of sp³-hybridized carbons (Fsp3) is 0.440. The molecule has 3 atom stereocenters. The molecule has 0 spiro atoms. The van der Waals surface area contributed by atoms with Gasteiger partial charge in [0.25, 0.3) is 5.91 Å². The number of aryl methyl sites for hydroxylation is 2. The number of hydrogen-bond acceptors (Lipinski definition) is 6. The summed E-state index contributed by atoms with van der Waals surface area (Å²) in [7, 11) is 0. The molecule has 166 valence electrons. The number of pyridine rings is 1. The molecule has 3 aromatic rings. The lowest BCUT2D eigenvalue weighted by Crippen LogP contribution is -2.51. The van der Waals surface area contributed by atoms with Crippen LogP contribution in [-0.2, 0) is 12.8 Å². The van der Waals surface area contributed by atoms with Crippen molar-refractivity contribution in [2.24, 2.45) is 0 Å². The van der Waals surface area contributed by atoms with Crippen LogP contribution in [-0.4, -0.2) is 42.1 Å². The standard InChI is InChI=1S/C25H29N5OS/c1-14-2-9-21-22(26)23(32-25(21)27-14)24(31)29-17-5-3-16-11-20(8-4-15(16)10-17)30-12-18-6-7-19(13-30)28-18/h2,4,8-9,11,17-19,28H,3,5-7,10,12-13,26H2,1H3,(H,29,31). The van der Waals surface area contributed by atoms with E-state index < -0.39 is 0 Å². The SMILES string of the molecule is Cc1ccc2c(N)c(C(=O)NC3CCc4cc(N5CC6CCC(C5)N6)ccc4C3)sc2n1. The van der Waals surface area contributed by atoms with Crippen molar-refractivity contribution in [1.29, 1.82) is 0 Å². The van der Waals surface area contributed by atoms with E-state index in [0.29, 0.717) is 22.6 Å². The van der Waals surface area contributed by atoms with Gasteiger partial charge < -0.3 is 21.3 Å². The average molecular weight is 448 g/mol. The van der Waals surface area contributed by atoms with E-state index >= 15 is 0 Å². The number of nitrogens with two attached hydrogens (primary N) is 1. The minimum atomic E-state index is -0.0792. The third-order valence-corrected chi connectivity index (χ3v) is 8.39. The van der Waals surface area contributed by atoms with Crippen molar-refractivity contribution in [3.63, 3.8) is 0 Å². The Morgan fingerprint density at radius 2 is 1.97 bits per heavy atom. The Labute approximate surface area is 192 Å². The van der Waals surface area contributed by atoms with Crippen LogP contribution >= 0.6 is 11.3 Å². The molecule has 2 saturated heterocycles. The fourth-order valence-electron chi connectivity index (χ4n) is 5.58. The number of rotatable bonds is 3. The molecule has 0 radical (unpaired) electrons. The zero-order valence-electron chi connectivity index (χ0n) is 18.4. The zero-order valence-corrected chi connectivity index (χ0v) is 19.2. The highest BCUT2D eigenvalue weighted by Gasteiger charge is 2.32. The number of amides is 1. The minimum Gasteiger partial charge on any atom is -0.397 e. The number of carbonyl (C=O) groups is 1. The highest BCUT2D eigenvalue weighted by Crippen LogP contribution is 2.33. The first-order chi connectivity index (χ1) is 15.5. The molecule has 2 bridgehead atoms. The first kappa shape index (κ1) is 20.0. The van der Waals surface area contributed by atoms with Crippen LogP contribution in [0.2, 0.25) is 0 Å². The van der Waals surface area contributed by atoms with Gasteiger partial charge in [0.1, 0.15) is 9.71 Å². The van der Waals surface area contributed by atoms with Crippen LogP contribution in [0.1, 0.15) is 45.8 Å². The quantitative estimate of drug-likeness (QED) is 0.573. The summed E-state index contributed by atoms with van der Waals surface area (Å²) in [5.74, 6) is -0.0792. The van der Waals surface area contributed by atoms with E-state index in [4.69, 9.17) is 5.73 Å². The fourth-order valence-corrected chi connectivity index (χ4v) is 6.62. The first-order valence-electron chi connectivity index (χ1n) is 11.6. The molecule has 2 aromatic heterocycles. The number of aromatic nitrogens is 1. The van der Waals surface area contributed by atoms with Gasteiger partial charge in [0, 0.05) is 48.0 Å². The summed E-state index contributed by atoms with van der Waals surface area (Å²) in [5, 5.41) is 7.82. The lowest BCUT2D eigenvalue weighted by Gasteiger charge is -2.35. The normalized spacial score (nSPS) is 24.5. The number of benzene rings is 1. The maximum Gasteiger partial charge on any atom is 0.263 e. The molecule has 2 fully saturated rings. The first-order valence-corrected chi connectivity index (χ1v) is 12.4. The van der Waals surface area contributed by atoms with E-state index in [9.17, 15) is 4.79 Å². The maximum absolute atomic E-state index is 13.0. The lowest BCUT2D eigenvalue weighted by molar-refractivity contribution is 0.0938. The van der Waals surface area contributed by atoms with Crippen LogP contribution in [0.5, 0.6) is 0 Å². The van der Waals surface area contributed by atoms with E-state index in [2.05, 4.69) is 38.7 Å². The number of carbonyl (C=O) groups excluding carboxylic acids is 1. The second-order valence-corrected chi connectivity index (χ2v) is 10.6. The molecule has 3 unspecified atom stereocenters. The summed E-state index contributed by atoms with van der Waals surface area (Å²) in [6, 6.07) is 12.2. The molecule has 6 nitrogen and oxygen atoms in total. The Bertz CT molecular complexity index is 1190. The summed E-state index contributed by atoms with van der Waals surface area (Å²) >= 11 is 1.38. The number of nitrogens with zero attached hydrogens (tertiary/aromatic N) is 2. The molecule has 7 heteroatoms. The molecule has 4 N–H and O–H groups in total. The smallest absolute Gasteiger partial charge is 0.263 e. The molecule has 1 aromatic carbocycles. The summed E-state index contributed by atoms with van der Waals surface area (Å²) in [6.45, 7) is 4.17. The molecule has 0 saturated carbocycles. The van der Waals surface area contributed by atoms with Crippen molar-refractivity contribution in [2.45, 2.75) is 57.2 Å². The predicted octanol–water partition coefficient (Wildman–Crippen LogP) is 3.41. The van der Waals surface area contributed by atoms with Crippen molar-refractivity contribution in [1.82, 2.24) is 15.6 Å². The molecular weight excluding hydrogens is 418 g/mol. The number of nitrogen functional groups attached to an aromatic ring is 1. The Morgan fingerprint density at radius 1 is 1.16 bits per heavy atom. The van der Waals surface area contributed by atoms with Crippen LogP contribution in [0.3, 0.4) is 0 Å². The van der Waals surface area contributed by atoms with Crippen LogP contribution in [0, 0.1) is 6.92 Å². The van der Waals surface area contributed by atoms with E-state index in [-0.39, 0.29) is 11.9 Å². The van der Waals surface area contributed by atoms with Crippen LogP contribution in [0.15, 0.2) is 30.3 Å². The zero-order chi connectivity index (χ0) is 21.8. The van der Waals surface area contributed by atoms with E-state index in [0.717, 1.165) is 48.3 Å².